The van der Waals surface area contributed by atoms with Crippen LogP contribution in [0.25, 0.3) is 0 Å². The monoisotopic (exact) mass is 295 g/mol. The van der Waals surface area contributed by atoms with E-state index in [1.165, 1.54) is 7.05 Å². The maximum atomic E-state index is 13.7. The van der Waals surface area contributed by atoms with Gasteiger partial charge in [0, 0.05) is 11.6 Å². The summed E-state index contributed by atoms with van der Waals surface area (Å²) in [6.07, 6.45) is 0.830. The first-order valence-corrected chi connectivity index (χ1v) is 6.28. The largest absolute Gasteiger partial charge is 0.313 e. The maximum absolute atomic E-state index is 13.7. The van der Waals surface area contributed by atoms with Gasteiger partial charge in [-0.05, 0) is 25.3 Å². The van der Waals surface area contributed by atoms with Crippen molar-refractivity contribution in [3.05, 3.63) is 34.6 Å². The molecule has 1 atom stereocenters. The van der Waals surface area contributed by atoms with Gasteiger partial charge in [-0.25, -0.2) is 22.0 Å². The van der Waals surface area contributed by atoms with Crippen LogP contribution in [0, 0.1) is 34.5 Å². The van der Waals surface area contributed by atoms with Gasteiger partial charge in [-0.15, -0.1) is 0 Å². The average molecular weight is 295 g/mol. The van der Waals surface area contributed by atoms with Crippen molar-refractivity contribution in [1.82, 2.24) is 5.32 Å². The highest BCUT2D eigenvalue weighted by atomic mass is 19.2. The summed E-state index contributed by atoms with van der Waals surface area (Å²) in [4.78, 5) is 0. The van der Waals surface area contributed by atoms with Crippen molar-refractivity contribution < 1.29 is 22.0 Å². The molecule has 1 N–H and O–H groups in total. The second-order valence-electron chi connectivity index (χ2n) is 5.92. The summed E-state index contributed by atoms with van der Waals surface area (Å²) in [7, 11) is 1.42. The zero-order valence-corrected chi connectivity index (χ0v) is 11.9. The molecule has 0 amide bonds. The summed E-state index contributed by atoms with van der Waals surface area (Å²) in [5.74, 6) is -9.48. The summed E-state index contributed by atoms with van der Waals surface area (Å²) in [6.45, 7) is 5.79. The standard InChI is InChI=1S/C14H18F5N/c1-14(2,3)6-5-7(20-4)8-9(15)11(17)13(19)12(18)10(8)16/h7,20H,5-6H2,1-4H3. The Balaban J connectivity index is 3.22. The Morgan fingerprint density at radius 1 is 0.850 bits per heavy atom. The minimum Gasteiger partial charge on any atom is -0.313 e. The van der Waals surface area contributed by atoms with Gasteiger partial charge in [0.15, 0.2) is 23.3 Å². The van der Waals surface area contributed by atoms with E-state index in [4.69, 9.17) is 0 Å². The van der Waals surface area contributed by atoms with Gasteiger partial charge in [-0.3, -0.25) is 0 Å². The van der Waals surface area contributed by atoms with Crippen molar-refractivity contribution in [3.63, 3.8) is 0 Å². The molecular formula is C14H18F5N. The van der Waals surface area contributed by atoms with E-state index in [1.807, 2.05) is 20.8 Å². The van der Waals surface area contributed by atoms with E-state index in [1.54, 1.807) is 0 Å². The normalized spacial score (nSPS) is 13.7. The van der Waals surface area contributed by atoms with E-state index in [0.717, 1.165) is 0 Å². The zero-order valence-electron chi connectivity index (χ0n) is 11.9. The Kier molecular flexibility index (Phi) is 5.13. The van der Waals surface area contributed by atoms with E-state index in [-0.39, 0.29) is 11.8 Å². The molecule has 0 aliphatic heterocycles. The van der Waals surface area contributed by atoms with Crippen molar-refractivity contribution in [1.29, 1.82) is 0 Å². The van der Waals surface area contributed by atoms with Crippen molar-refractivity contribution >= 4 is 0 Å². The molecule has 0 aromatic heterocycles. The van der Waals surface area contributed by atoms with Crippen LogP contribution in [0.2, 0.25) is 0 Å². The van der Waals surface area contributed by atoms with E-state index < -0.39 is 40.7 Å². The molecule has 0 aliphatic rings. The third-order valence-electron chi connectivity index (χ3n) is 3.12. The minimum atomic E-state index is -2.13. The molecule has 1 aromatic rings. The molecule has 0 heterocycles. The van der Waals surface area contributed by atoms with Gasteiger partial charge in [0.1, 0.15) is 0 Å². The van der Waals surface area contributed by atoms with Crippen LogP contribution >= 0.6 is 0 Å². The number of nitrogens with one attached hydrogen (secondary N) is 1. The number of rotatable bonds is 4. The average Bonchev–Trinajstić information content (AvgIpc) is 2.36. The molecule has 0 radical (unpaired) electrons. The fraction of sp³-hybridized carbons (Fsp3) is 0.571. The highest BCUT2D eigenvalue weighted by Gasteiger charge is 2.30. The summed E-state index contributed by atoms with van der Waals surface area (Å²) >= 11 is 0. The maximum Gasteiger partial charge on any atom is 0.200 e. The molecule has 0 saturated heterocycles. The predicted molar refractivity (Wildman–Crippen MR) is 66.7 cm³/mol. The zero-order chi connectivity index (χ0) is 15.7. The molecule has 0 spiro atoms. The first kappa shape index (κ1) is 16.9. The third kappa shape index (κ3) is 3.48. The Hall–Kier alpha value is -1.17. The Morgan fingerprint density at radius 2 is 1.25 bits per heavy atom. The van der Waals surface area contributed by atoms with Gasteiger partial charge in [-0.1, -0.05) is 20.8 Å². The van der Waals surface area contributed by atoms with Crippen LogP contribution in [0.3, 0.4) is 0 Å². The molecule has 0 bridgehead atoms. The van der Waals surface area contributed by atoms with Gasteiger partial charge < -0.3 is 5.32 Å². The second kappa shape index (κ2) is 6.08. The molecule has 0 aliphatic carbocycles. The fourth-order valence-corrected chi connectivity index (χ4v) is 1.94. The Bertz CT molecular complexity index is 464. The van der Waals surface area contributed by atoms with Gasteiger partial charge in [0.25, 0.3) is 0 Å². The van der Waals surface area contributed by atoms with Crippen LogP contribution in [-0.2, 0) is 0 Å². The molecule has 1 aromatic carbocycles. The summed E-state index contributed by atoms with van der Waals surface area (Å²) in [6, 6.07) is -0.932. The summed E-state index contributed by atoms with van der Waals surface area (Å²) in [5.41, 5.74) is -0.910. The first-order valence-electron chi connectivity index (χ1n) is 6.28. The number of hydrogen-bond donors (Lipinski definition) is 1. The second-order valence-corrected chi connectivity index (χ2v) is 5.92. The first-order chi connectivity index (χ1) is 9.10. The quantitative estimate of drug-likeness (QED) is 0.491. The van der Waals surface area contributed by atoms with Crippen LogP contribution < -0.4 is 5.32 Å². The third-order valence-corrected chi connectivity index (χ3v) is 3.12. The fourth-order valence-electron chi connectivity index (χ4n) is 1.94. The van der Waals surface area contributed by atoms with E-state index in [2.05, 4.69) is 5.32 Å². The van der Waals surface area contributed by atoms with Crippen LogP contribution in [-0.4, -0.2) is 7.05 Å². The lowest BCUT2D eigenvalue weighted by Crippen LogP contribution is -2.23. The van der Waals surface area contributed by atoms with Gasteiger partial charge >= 0.3 is 0 Å². The molecule has 1 rings (SSSR count). The smallest absolute Gasteiger partial charge is 0.200 e. The van der Waals surface area contributed by atoms with Gasteiger partial charge in [0.05, 0.1) is 0 Å². The van der Waals surface area contributed by atoms with Gasteiger partial charge in [-0.2, -0.15) is 0 Å². The Labute approximate surface area is 115 Å². The molecular weight excluding hydrogens is 277 g/mol. The molecule has 20 heavy (non-hydrogen) atoms. The van der Waals surface area contributed by atoms with Crippen LogP contribution in [0.5, 0.6) is 0 Å². The SMILES string of the molecule is CNC(CCC(C)(C)C)c1c(F)c(F)c(F)c(F)c1F. The highest BCUT2D eigenvalue weighted by molar-refractivity contribution is 5.27. The molecule has 1 unspecified atom stereocenters. The molecule has 0 saturated carbocycles. The van der Waals surface area contributed by atoms with Crippen LogP contribution in [0.4, 0.5) is 22.0 Å². The lowest BCUT2D eigenvalue weighted by atomic mass is 9.87. The van der Waals surface area contributed by atoms with E-state index >= 15 is 0 Å². The number of benzene rings is 1. The molecule has 0 fully saturated rings. The van der Waals surface area contributed by atoms with Crippen molar-refractivity contribution in [2.24, 2.45) is 5.41 Å². The Morgan fingerprint density at radius 3 is 1.60 bits per heavy atom. The minimum absolute atomic E-state index is 0.112. The number of hydrogen-bond acceptors (Lipinski definition) is 1. The van der Waals surface area contributed by atoms with Crippen molar-refractivity contribution in [3.8, 4) is 0 Å². The summed E-state index contributed by atoms with van der Waals surface area (Å²) < 4.78 is 66.8. The lowest BCUT2D eigenvalue weighted by molar-refractivity contribution is 0.318. The predicted octanol–water partition coefficient (Wildman–Crippen LogP) is 4.47. The lowest BCUT2D eigenvalue weighted by Gasteiger charge is -2.24. The summed E-state index contributed by atoms with van der Waals surface area (Å²) in [5, 5.41) is 2.61. The molecule has 6 heteroatoms. The van der Waals surface area contributed by atoms with Gasteiger partial charge in [0.2, 0.25) is 5.82 Å². The van der Waals surface area contributed by atoms with Crippen molar-refractivity contribution in [2.75, 3.05) is 7.05 Å². The number of halogens is 5. The van der Waals surface area contributed by atoms with Crippen LogP contribution in [0.15, 0.2) is 0 Å². The van der Waals surface area contributed by atoms with E-state index in [9.17, 15) is 22.0 Å². The topological polar surface area (TPSA) is 12.0 Å². The molecule has 1 nitrogen and oxygen atoms in total. The van der Waals surface area contributed by atoms with Crippen molar-refractivity contribution in [2.45, 2.75) is 39.7 Å². The van der Waals surface area contributed by atoms with E-state index in [0.29, 0.717) is 6.42 Å². The molecule has 114 valence electrons. The van der Waals surface area contributed by atoms with Crippen LogP contribution in [0.1, 0.15) is 45.2 Å². The highest BCUT2D eigenvalue weighted by Crippen LogP contribution is 2.32.